The first-order valence-electron chi connectivity index (χ1n) is 5.82. The lowest BCUT2D eigenvalue weighted by Gasteiger charge is -2.16. The van der Waals surface area contributed by atoms with Gasteiger partial charge in [-0.05, 0) is 41.8 Å². The molecule has 3 N–H and O–H groups in total. The number of pyridine rings is 1. The number of benzene rings is 1. The van der Waals surface area contributed by atoms with Crippen LogP contribution in [0.3, 0.4) is 0 Å². The van der Waals surface area contributed by atoms with Gasteiger partial charge in [-0.15, -0.1) is 0 Å². The lowest BCUT2D eigenvalue weighted by atomic mass is 10.00. The number of aromatic nitrogens is 1. The Morgan fingerprint density at radius 3 is 2.39 bits per heavy atom. The van der Waals surface area contributed by atoms with E-state index in [1.54, 1.807) is 19.5 Å². The highest BCUT2D eigenvalue weighted by molar-refractivity contribution is 5.30. The number of nitrogens with zero attached hydrogens (tertiary/aromatic N) is 1. The molecule has 2 rings (SSSR count). The predicted octanol–water partition coefficient (Wildman–Crippen LogP) is 1.84. The van der Waals surface area contributed by atoms with Crippen LogP contribution in [-0.2, 0) is 6.42 Å². The third kappa shape index (κ3) is 3.06. The molecule has 1 heterocycles. The second-order valence-corrected chi connectivity index (χ2v) is 4.05. The minimum atomic E-state index is 0.0818. The third-order valence-corrected chi connectivity index (χ3v) is 2.91. The third-order valence-electron chi connectivity index (χ3n) is 2.91. The zero-order valence-electron chi connectivity index (χ0n) is 10.3. The number of hydrogen-bond acceptors (Lipinski definition) is 4. The Labute approximate surface area is 107 Å². The van der Waals surface area contributed by atoms with Crippen molar-refractivity contribution >= 4 is 0 Å². The summed E-state index contributed by atoms with van der Waals surface area (Å²) in [5.74, 6) is 6.47. The van der Waals surface area contributed by atoms with Crippen LogP contribution >= 0.6 is 0 Å². The van der Waals surface area contributed by atoms with Crippen molar-refractivity contribution in [2.45, 2.75) is 12.5 Å². The summed E-state index contributed by atoms with van der Waals surface area (Å²) in [5.41, 5.74) is 5.18. The first kappa shape index (κ1) is 12.5. The van der Waals surface area contributed by atoms with Crippen LogP contribution in [0.15, 0.2) is 48.8 Å². The van der Waals surface area contributed by atoms with Crippen LogP contribution in [0, 0.1) is 0 Å². The standard InChI is InChI=1S/C14H17N3O/c1-18-13-4-2-12(3-5-13)14(17-15)10-11-6-8-16-9-7-11/h2-9,14,17H,10,15H2,1H3. The molecule has 0 fully saturated rings. The monoisotopic (exact) mass is 243 g/mol. The summed E-state index contributed by atoms with van der Waals surface area (Å²) in [6, 6.07) is 12.0. The van der Waals surface area contributed by atoms with E-state index in [4.69, 9.17) is 10.6 Å². The highest BCUT2D eigenvalue weighted by Gasteiger charge is 2.10. The molecule has 1 atom stereocenters. The van der Waals surface area contributed by atoms with Gasteiger partial charge in [-0.2, -0.15) is 0 Å². The zero-order valence-corrected chi connectivity index (χ0v) is 10.3. The summed E-state index contributed by atoms with van der Waals surface area (Å²) in [4.78, 5) is 4.01. The molecule has 94 valence electrons. The Bertz CT molecular complexity index is 470. The largest absolute Gasteiger partial charge is 0.497 e. The minimum absolute atomic E-state index is 0.0818. The molecular weight excluding hydrogens is 226 g/mol. The van der Waals surface area contributed by atoms with Crippen molar-refractivity contribution in [3.05, 3.63) is 59.9 Å². The molecule has 0 spiro atoms. The van der Waals surface area contributed by atoms with E-state index < -0.39 is 0 Å². The summed E-state index contributed by atoms with van der Waals surface area (Å²) >= 11 is 0. The molecule has 0 bridgehead atoms. The van der Waals surface area contributed by atoms with Crippen molar-refractivity contribution in [1.82, 2.24) is 10.4 Å². The number of ether oxygens (including phenoxy) is 1. The highest BCUT2D eigenvalue weighted by atomic mass is 16.5. The molecule has 0 aliphatic heterocycles. The smallest absolute Gasteiger partial charge is 0.118 e. The summed E-state index contributed by atoms with van der Waals surface area (Å²) in [6.45, 7) is 0. The molecule has 0 aliphatic rings. The van der Waals surface area contributed by atoms with Crippen LogP contribution in [0.25, 0.3) is 0 Å². The number of nitrogens with two attached hydrogens (primary N) is 1. The van der Waals surface area contributed by atoms with Crippen molar-refractivity contribution in [2.24, 2.45) is 5.84 Å². The van der Waals surface area contributed by atoms with Crippen molar-refractivity contribution < 1.29 is 4.74 Å². The van der Waals surface area contributed by atoms with Gasteiger partial charge in [-0.1, -0.05) is 12.1 Å². The number of rotatable bonds is 5. The van der Waals surface area contributed by atoms with Gasteiger partial charge in [0.25, 0.3) is 0 Å². The highest BCUT2D eigenvalue weighted by Crippen LogP contribution is 2.20. The van der Waals surface area contributed by atoms with E-state index in [9.17, 15) is 0 Å². The molecule has 4 heteroatoms. The molecular formula is C14H17N3O. The Morgan fingerprint density at radius 2 is 1.83 bits per heavy atom. The van der Waals surface area contributed by atoms with Gasteiger partial charge in [0, 0.05) is 18.4 Å². The van der Waals surface area contributed by atoms with E-state index in [1.165, 1.54) is 5.56 Å². The first-order chi connectivity index (χ1) is 8.83. The van der Waals surface area contributed by atoms with E-state index in [1.807, 2.05) is 36.4 Å². The van der Waals surface area contributed by atoms with E-state index in [2.05, 4.69) is 10.4 Å². The minimum Gasteiger partial charge on any atom is -0.497 e. The van der Waals surface area contributed by atoms with E-state index in [-0.39, 0.29) is 6.04 Å². The predicted molar refractivity (Wildman–Crippen MR) is 71.0 cm³/mol. The van der Waals surface area contributed by atoms with Crippen molar-refractivity contribution in [3.8, 4) is 5.75 Å². The quantitative estimate of drug-likeness (QED) is 0.621. The average Bonchev–Trinajstić information content (AvgIpc) is 2.46. The van der Waals surface area contributed by atoms with Crippen LogP contribution < -0.4 is 16.0 Å². The number of nitrogens with one attached hydrogen (secondary N) is 1. The molecule has 1 aromatic heterocycles. The topological polar surface area (TPSA) is 60.2 Å². The van der Waals surface area contributed by atoms with E-state index >= 15 is 0 Å². The van der Waals surface area contributed by atoms with Gasteiger partial charge < -0.3 is 4.74 Å². The van der Waals surface area contributed by atoms with Crippen LogP contribution in [0.1, 0.15) is 17.2 Å². The summed E-state index contributed by atoms with van der Waals surface area (Å²) in [5, 5.41) is 0. The Kier molecular flexibility index (Phi) is 4.28. The molecule has 1 aromatic carbocycles. The van der Waals surface area contributed by atoms with Gasteiger partial charge in [0.05, 0.1) is 7.11 Å². The van der Waals surface area contributed by atoms with Gasteiger partial charge in [0.2, 0.25) is 0 Å². The summed E-state index contributed by atoms with van der Waals surface area (Å²) in [6.07, 6.45) is 4.40. The fourth-order valence-corrected chi connectivity index (χ4v) is 1.86. The molecule has 1 unspecified atom stereocenters. The SMILES string of the molecule is COc1ccc(C(Cc2ccncc2)NN)cc1. The molecule has 18 heavy (non-hydrogen) atoms. The number of methoxy groups -OCH3 is 1. The molecule has 0 aliphatic carbocycles. The van der Waals surface area contributed by atoms with Crippen molar-refractivity contribution in [1.29, 1.82) is 0 Å². The number of hydrogen-bond donors (Lipinski definition) is 2. The molecule has 2 aromatic rings. The maximum Gasteiger partial charge on any atom is 0.118 e. The fraction of sp³-hybridized carbons (Fsp3) is 0.214. The second-order valence-electron chi connectivity index (χ2n) is 4.05. The van der Waals surface area contributed by atoms with Crippen LogP contribution in [0.5, 0.6) is 5.75 Å². The van der Waals surface area contributed by atoms with Gasteiger partial charge in [-0.3, -0.25) is 16.3 Å². The normalized spacial score (nSPS) is 12.1. The fourth-order valence-electron chi connectivity index (χ4n) is 1.86. The average molecular weight is 243 g/mol. The zero-order chi connectivity index (χ0) is 12.8. The second kappa shape index (κ2) is 6.14. The van der Waals surface area contributed by atoms with Crippen molar-refractivity contribution in [3.63, 3.8) is 0 Å². The lowest BCUT2D eigenvalue weighted by molar-refractivity contribution is 0.414. The Balaban J connectivity index is 2.12. The first-order valence-corrected chi connectivity index (χ1v) is 5.82. The van der Waals surface area contributed by atoms with Gasteiger partial charge in [-0.25, -0.2) is 0 Å². The van der Waals surface area contributed by atoms with E-state index in [0.29, 0.717) is 0 Å². The van der Waals surface area contributed by atoms with Crippen LogP contribution in [0.4, 0.5) is 0 Å². The van der Waals surface area contributed by atoms with E-state index in [0.717, 1.165) is 17.7 Å². The van der Waals surface area contributed by atoms with Crippen molar-refractivity contribution in [2.75, 3.05) is 7.11 Å². The lowest BCUT2D eigenvalue weighted by Crippen LogP contribution is -2.29. The molecule has 0 saturated carbocycles. The maximum atomic E-state index is 5.63. The maximum absolute atomic E-state index is 5.63. The summed E-state index contributed by atoms with van der Waals surface area (Å²) < 4.78 is 5.14. The Hall–Kier alpha value is -1.91. The van der Waals surface area contributed by atoms with Crippen LogP contribution in [0.2, 0.25) is 0 Å². The number of hydrazine groups is 1. The molecule has 0 amide bonds. The molecule has 0 saturated heterocycles. The van der Waals surface area contributed by atoms with Gasteiger partial charge in [0.15, 0.2) is 0 Å². The molecule has 4 nitrogen and oxygen atoms in total. The van der Waals surface area contributed by atoms with Gasteiger partial charge >= 0.3 is 0 Å². The molecule has 0 radical (unpaired) electrons. The Morgan fingerprint density at radius 1 is 1.17 bits per heavy atom. The van der Waals surface area contributed by atoms with Gasteiger partial charge in [0.1, 0.15) is 5.75 Å². The summed E-state index contributed by atoms with van der Waals surface area (Å²) in [7, 11) is 1.66. The van der Waals surface area contributed by atoms with Crippen LogP contribution in [-0.4, -0.2) is 12.1 Å².